The third kappa shape index (κ3) is 1.95. The molecule has 2 rings (SSSR count). The highest BCUT2D eigenvalue weighted by Crippen LogP contribution is 2.33. The number of ether oxygens (including phenoxy) is 1. The van der Waals surface area contributed by atoms with Crippen molar-refractivity contribution >= 4 is 6.09 Å². The van der Waals surface area contributed by atoms with E-state index in [-0.39, 0.29) is 11.6 Å². The fourth-order valence-corrected chi connectivity index (χ4v) is 2.32. The van der Waals surface area contributed by atoms with Crippen LogP contribution in [-0.4, -0.2) is 41.8 Å². The molecule has 4 heteroatoms. The van der Waals surface area contributed by atoms with Crippen LogP contribution in [0.25, 0.3) is 0 Å². The molecule has 2 aliphatic heterocycles. The first-order valence-corrected chi connectivity index (χ1v) is 5.64. The summed E-state index contributed by atoms with van der Waals surface area (Å²) in [6, 6.07) is 0. The molecule has 0 saturated carbocycles. The molecule has 15 heavy (non-hydrogen) atoms. The van der Waals surface area contributed by atoms with Gasteiger partial charge < -0.3 is 10.1 Å². The van der Waals surface area contributed by atoms with Crippen LogP contribution in [0.5, 0.6) is 0 Å². The van der Waals surface area contributed by atoms with Gasteiger partial charge in [0.15, 0.2) is 0 Å². The van der Waals surface area contributed by atoms with Gasteiger partial charge in [0.1, 0.15) is 5.60 Å². The van der Waals surface area contributed by atoms with E-state index in [9.17, 15) is 4.79 Å². The molecule has 0 aromatic heterocycles. The molecule has 86 valence electrons. The second kappa shape index (κ2) is 3.37. The quantitative estimate of drug-likeness (QED) is 0.659. The van der Waals surface area contributed by atoms with Gasteiger partial charge in [-0.3, -0.25) is 4.90 Å². The molecular formula is C11H20N2O2. The maximum Gasteiger partial charge on any atom is 0.410 e. The molecule has 1 N–H and O–H groups in total. The van der Waals surface area contributed by atoms with E-state index >= 15 is 0 Å². The number of amides is 1. The lowest BCUT2D eigenvalue weighted by atomic mass is 9.90. The predicted octanol–water partition coefficient (Wildman–Crippen LogP) is 1.36. The van der Waals surface area contributed by atoms with E-state index in [2.05, 4.69) is 5.32 Å². The zero-order valence-corrected chi connectivity index (χ0v) is 9.80. The second-order valence-corrected chi connectivity index (χ2v) is 5.56. The number of nitrogens with one attached hydrogen (secondary N) is 1. The van der Waals surface area contributed by atoms with Crippen molar-refractivity contribution in [2.24, 2.45) is 0 Å². The van der Waals surface area contributed by atoms with Crippen LogP contribution < -0.4 is 5.32 Å². The minimum atomic E-state index is -0.391. The Kier molecular flexibility index (Phi) is 2.41. The summed E-state index contributed by atoms with van der Waals surface area (Å²) in [7, 11) is 0. The van der Waals surface area contributed by atoms with Crippen molar-refractivity contribution in [1.29, 1.82) is 0 Å². The summed E-state index contributed by atoms with van der Waals surface area (Å²) in [5.41, 5.74) is -0.319. The first-order valence-electron chi connectivity index (χ1n) is 5.64. The predicted molar refractivity (Wildman–Crippen MR) is 57.8 cm³/mol. The van der Waals surface area contributed by atoms with Crippen LogP contribution in [0.3, 0.4) is 0 Å². The monoisotopic (exact) mass is 212 g/mol. The first-order chi connectivity index (χ1) is 6.93. The zero-order valence-electron chi connectivity index (χ0n) is 9.80. The number of hydrogen-bond acceptors (Lipinski definition) is 3. The van der Waals surface area contributed by atoms with Gasteiger partial charge in [-0.05, 0) is 33.6 Å². The Morgan fingerprint density at radius 2 is 2.07 bits per heavy atom. The molecule has 2 aliphatic rings. The van der Waals surface area contributed by atoms with E-state index < -0.39 is 5.60 Å². The smallest absolute Gasteiger partial charge is 0.410 e. The first kappa shape index (κ1) is 10.7. The molecule has 0 aliphatic carbocycles. The molecule has 0 aromatic rings. The van der Waals surface area contributed by atoms with Crippen LogP contribution in [0.2, 0.25) is 0 Å². The Balaban J connectivity index is 2.01. The summed E-state index contributed by atoms with van der Waals surface area (Å²) in [5, 5.41) is 3.24. The van der Waals surface area contributed by atoms with Crippen molar-refractivity contribution in [3.05, 3.63) is 0 Å². The molecule has 0 atom stereocenters. The van der Waals surface area contributed by atoms with E-state index in [4.69, 9.17) is 4.74 Å². The van der Waals surface area contributed by atoms with E-state index in [1.165, 1.54) is 0 Å². The lowest BCUT2D eigenvalue weighted by Gasteiger charge is -2.46. The zero-order chi connectivity index (χ0) is 11.1. The third-order valence-corrected chi connectivity index (χ3v) is 3.12. The Bertz CT molecular complexity index is 266. The molecule has 2 saturated heterocycles. The summed E-state index contributed by atoms with van der Waals surface area (Å²) >= 11 is 0. The Hall–Kier alpha value is -0.770. The summed E-state index contributed by atoms with van der Waals surface area (Å²) in [4.78, 5) is 13.9. The maximum absolute atomic E-state index is 11.9. The van der Waals surface area contributed by atoms with E-state index in [1.54, 1.807) is 0 Å². The van der Waals surface area contributed by atoms with Gasteiger partial charge in [-0.15, -0.1) is 0 Å². The van der Waals surface area contributed by atoms with Crippen molar-refractivity contribution in [1.82, 2.24) is 10.2 Å². The largest absolute Gasteiger partial charge is 0.444 e. The van der Waals surface area contributed by atoms with E-state index in [1.807, 2.05) is 25.7 Å². The van der Waals surface area contributed by atoms with Crippen LogP contribution in [0.4, 0.5) is 4.79 Å². The summed E-state index contributed by atoms with van der Waals surface area (Å²) < 4.78 is 5.41. The molecule has 0 aromatic carbocycles. The lowest BCUT2D eigenvalue weighted by molar-refractivity contribution is -0.00289. The van der Waals surface area contributed by atoms with Crippen molar-refractivity contribution in [2.45, 2.75) is 44.8 Å². The highest BCUT2D eigenvalue weighted by atomic mass is 16.6. The SMILES string of the molecule is CC(C)(C)OC(=O)N1CCCC12CNC2. The molecular weight excluding hydrogens is 192 g/mol. The number of likely N-dealkylation sites (tertiary alicyclic amines) is 1. The highest BCUT2D eigenvalue weighted by molar-refractivity contribution is 5.70. The normalized spacial score (nSPS) is 24.1. The summed E-state index contributed by atoms with van der Waals surface area (Å²) in [6.07, 6.45) is 2.06. The molecule has 2 heterocycles. The number of carbonyl (C=O) groups is 1. The van der Waals surface area contributed by atoms with Crippen molar-refractivity contribution in [3.8, 4) is 0 Å². The van der Waals surface area contributed by atoms with Gasteiger partial charge in [0.05, 0.1) is 5.54 Å². The second-order valence-electron chi connectivity index (χ2n) is 5.56. The lowest BCUT2D eigenvalue weighted by Crippen LogP contribution is -2.67. The van der Waals surface area contributed by atoms with E-state index in [0.29, 0.717) is 0 Å². The maximum atomic E-state index is 11.9. The van der Waals surface area contributed by atoms with Crippen molar-refractivity contribution in [3.63, 3.8) is 0 Å². The average Bonchev–Trinajstić information content (AvgIpc) is 2.42. The van der Waals surface area contributed by atoms with Crippen LogP contribution >= 0.6 is 0 Å². The molecule has 1 spiro atoms. The summed E-state index contributed by atoms with van der Waals surface area (Å²) in [5.74, 6) is 0. The van der Waals surface area contributed by atoms with Crippen LogP contribution in [0.15, 0.2) is 0 Å². The van der Waals surface area contributed by atoms with Gasteiger partial charge in [0, 0.05) is 19.6 Å². The number of hydrogen-bond donors (Lipinski definition) is 1. The minimum Gasteiger partial charge on any atom is -0.444 e. The molecule has 1 amide bonds. The van der Waals surface area contributed by atoms with E-state index in [0.717, 1.165) is 32.5 Å². The Morgan fingerprint density at radius 3 is 2.53 bits per heavy atom. The Labute approximate surface area is 91.0 Å². The summed E-state index contributed by atoms with van der Waals surface area (Å²) in [6.45, 7) is 8.42. The Morgan fingerprint density at radius 1 is 1.40 bits per heavy atom. The standard InChI is InChI=1S/C11H20N2O2/c1-10(2,3)15-9(14)13-6-4-5-11(13)7-12-8-11/h12H,4-8H2,1-3H3. The topological polar surface area (TPSA) is 41.6 Å². The molecule has 0 bridgehead atoms. The van der Waals surface area contributed by atoms with Crippen LogP contribution in [0.1, 0.15) is 33.6 Å². The van der Waals surface area contributed by atoms with Gasteiger partial charge >= 0.3 is 6.09 Å². The highest BCUT2D eigenvalue weighted by Gasteiger charge is 2.49. The number of rotatable bonds is 0. The molecule has 0 radical (unpaired) electrons. The van der Waals surface area contributed by atoms with Gasteiger partial charge in [-0.2, -0.15) is 0 Å². The molecule has 0 unspecified atom stereocenters. The minimum absolute atomic E-state index is 0.0718. The van der Waals surface area contributed by atoms with Crippen LogP contribution in [-0.2, 0) is 4.74 Å². The number of carbonyl (C=O) groups excluding carboxylic acids is 1. The van der Waals surface area contributed by atoms with Gasteiger partial charge in [-0.1, -0.05) is 0 Å². The van der Waals surface area contributed by atoms with Crippen molar-refractivity contribution < 1.29 is 9.53 Å². The molecule has 4 nitrogen and oxygen atoms in total. The average molecular weight is 212 g/mol. The van der Waals surface area contributed by atoms with Gasteiger partial charge in [-0.25, -0.2) is 4.79 Å². The van der Waals surface area contributed by atoms with Crippen LogP contribution in [0, 0.1) is 0 Å². The fraction of sp³-hybridized carbons (Fsp3) is 0.909. The van der Waals surface area contributed by atoms with Crippen molar-refractivity contribution in [2.75, 3.05) is 19.6 Å². The fourth-order valence-electron chi connectivity index (χ4n) is 2.32. The molecule has 2 fully saturated rings. The number of nitrogens with zero attached hydrogens (tertiary/aromatic N) is 1. The van der Waals surface area contributed by atoms with Gasteiger partial charge in [0.25, 0.3) is 0 Å². The third-order valence-electron chi connectivity index (χ3n) is 3.12. The van der Waals surface area contributed by atoms with Gasteiger partial charge in [0.2, 0.25) is 0 Å².